The van der Waals surface area contributed by atoms with Crippen molar-refractivity contribution < 1.29 is 9.59 Å². The molecule has 0 spiro atoms. The van der Waals surface area contributed by atoms with Crippen LogP contribution >= 0.6 is 0 Å². The normalized spacial score (nSPS) is 14.5. The number of amides is 2. The minimum atomic E-state index is 0.00312. The van der Waals surface area contributed by atoms with Gasteiger partial charge in [-0.2, -0.15) is 0 Å². The number of fused-ring (bicyclic) bond motifs is 1. The van der Waals surface area contributed by atoms with Gasteiger partial charge < -0.3 is 15.2 Å². The summed E-state index contributed by atoms with van der Waals surface area (Å²) in [5.41, 5.74) is 1.57. The van der Waals surface area contributed by atoms with Crippen molar-refractivity contribution in [2.45, 2.75) is 25.7 Å². The van der Waals surface area contributed by atoms with Crippen LogP contribution < -0.4 is 5.32 Å². The van der Waals surface area contributed by atoms with Gasteiger partial charge in [-0.05, 0) is 31.4 Å². The van der Waals surface area contributed by atoms with Crippen molar-refractivity contribution in [1.82, 2.24) is 15.2 Å². The summed E-state index contributed by atoms with van der Waals surface area (Å²) >= 11 is 0. The van der Waals surface area contributed by atoms with Crippen molar-refractivity contribution in [1.29, 1.82) is 0 Å². The van der Waals surface area contributed by atoms with Gasteiger partial charge in [-0.3, -0.25) is 9.59 Å². The molecule has 5 nitrogen and oxygen atoms in total. The molecule has 1 fully saturated rings. The minimum absolute atomic E-state index is 0.00312. The van der Waals surface area contributed by atoms with E-state index < -0.39 is 0 Å². The lowest BCUT2D eigenvalue weighted by Crippen LogP contribution is -2.36. The first-order chi connectivity index (χ1) is 11.2. The summed E-state index contributed by atoms with van der Waals surface area (Å²) in [6.45, 7) is 1.25. The van der Waals surface area contributed by atoms with Crippen LogP contribution in [0.5, 0.6) is 0 Å². The number of aromatic amines is 1. The molecule has 0 saturated heterocycles. The Hall–Kier alpha value is -2.30. The smallest absolute Gasteiger partial charge is 0.255 e. The number of aromatic nitrogens is 1. The predicted octanol–water partition coefficient (Wildman–Crippen LogP) is 2.55. The summed E-state index contributed by atoms with van der Waals surface area (Å²) in [7, 11) is 1.80. The fraction of sp³-hybridized carbons (Fsp3) is 0.444. The Labute approximate surface area is 136 Å². The molecule has 2 N–H and O–H groups in total. The van der Waals surface area contributed by atoms with Crippen molar-refractivity contribution in [2.24, 2.45) is 5.92 Å². The lowest BCUT2D eigenvalue weighted by Gasteiger charge is -2.24. The molecule has 2 amide bonds. The van der Waals surface area contributed by atoms with Crippen LogP contribution in [0.15, 0.2) is 30.5 Å². The number of rotatable bonds is 6. The quantitative estimate of drug-likeness (QED) is 0.805. The van der Waals surface area contributed by atoms with Crippen LogP contribution in [0.2, 0.25) is 0 Å². The zero-order valence-corrected chi connectivity index (χ0v) is 13.5. The molecule has 0 atom stereocenters. The number of hydrogen-bond donors (Lipinski definition) is 2. The summed E-state index contributed by atoms with van der Waals surface area (Å²) in [6, 6.07) is 7.69. The maximum absolute atomic E-state index is 12.6. The summed E-state index contributed by atoms with van der Waals surface area (Å²) in [5.74, 6) is 0.393. The third kappa shape index (κ3) is 3.38. The van der Waals surface area contributed by atoms with Crippen LogP contribution in [0.3, 0.4) is 0 Å². The number of nitrogens with one attached hydrogen (secondary N) is 2. The largest absolute Gasteiger partial charge is 0.361 e. The Bertz CT molecular complexity index is 703. The van der Waals surface area contributed by atoms with E-state index in [-0.39, 0.29) is 17.7 Å². The van der Waals surface area contributed by atoms with E-state index in [9.17, 15) is 9.59 Å². The van der Waals surface area contributed by atoms with Crippen molar-refractivity contribution in [3.63, 3.8) is 0 Å². The number of hydrogen-bond acceptors (Lipinski definition) is 2. The molecule has 1 saturated carbocycles. The van der Waals surface area contributed by atoms with Crippen LogP contribution in [-0.4, -0.2) is 41.8 Å². The van der Waals surface area contributed by atoms with Gasteiger partial charge in [0.25, 0.3) is 5.91 Å². The lowest BCUT2D eigenvalue weighted by molar-refractivity contribution is -0.127. The van der Waals surface area contributed by atoms with E-state index in [1.807, 2.05) is 30.5 Å². The zero-order chi connectivity index (χ0) is 16.2. The molecule has 23 heavy (non-hydrogen) atoms. The van der Waals surface area contributed by atoms with Crippen LogP contribution in [-0.2, 0) is 4.79 Å². The Morgan fingerprint density at radius 3 is 2.87 bits per heavy atom. The predicted molar refractivity (Wildman–Crippen MR) is 90.2 cm³/mol. The summed E-state index contributed by atoms with van der Waals surface area (Å²) < 4.78 is 0. The van der Waals surface area contributed by atoms with Gasteiger partial charge in [0.2, 0.25) is 5.91 Å². The number of carbonyl (C=O) groups is 2. The Morgan fingerprint density at radius 2 is 2.13 bits per heavy atom. The van der Waals surface area contributed by atoms with Gasteiger partial charge in [0.05, 0.1) is 11.1 Å². The number of para-hydroxylation sites is 1. The van der Waals surface area contributed by atoms with Crippen LogP contribution in [0.1, 0.15) is 36.0 Å². The van der Waals surface area contributed by atoms with E-state index >= 15 is 0 Å². The van der Waals surface area contributed by atoms with Gasteiger partial charge >= 0.3 is 0 Å². The zero-order valence-electron chi connectivity index (χ0n) is 13.5. The van der Waals surface area contributed by atoms with E-state index in [1.54, 1.807) is 11.9 Å². The fourth-order valence-corrected chi connectivity index (χ4v) is 2.91. The second-order valence-electron chi connectivity index (χ2n) is 6.25. The van der Waals surface area contributed by atoms with Crippen LogP contribution in [0.4, 0.5) is 0 Å². The second-order valence-corrected chi connectivity index (χ2v) is 6.25. The highest BCUT2D eigenvalue weighted by Crippen LogP contribution is 2.26. The maximum atomic E-state index is 12.6. The van der Waals surface area contributed by atoms with Gasteiger partial charge in [0.1, 0.15) is 0 Å². The van der Waals surface area contributed by atoms with Gasteiger partial charge in [-0.25, -0.2) is 0 Å². The first-order valence-corrected chi connectivity index (χ1v) is 8.26. The standard InChI is InChI=1S/C18H23N3O2/c1-21(12-4-10-20-17(22)14-6-2-7-14)18(23)15-8-3-5-13-9-11-19-16(13)15/h3,5,8-9,11,14,19H,2,4,6-7,10,12H2,1H3,(H,20,22). The number of H-pyrrole nitrogens is 1. The minimum Gasteiger partial charge on any atom is -0.361 e. The topological polar surface area (TPSA) is 65.2 Å². The average molecular weight is 313 g/mol. The molecule has 0 bridgehead atoms. The SMILES string of the molecule is CN(CCCNC(=O)C1CCC1)C(=O)c1cccc2cc[nH]c12. The molecule has 5 heteroatoms. The first kappa shape index (κ1) is 15.6. The highest BCUT2D eigenvalue weighted by molar-refractivity contribution is 6.05. The molecule has 0 unspecified atom stereocenters. The van der Waals surface area contributed by atoms with Crippen molar-refractivity contribution in [3.8, 4) is 0 Å². The monoisotopic (exact) mass is 313 g/mol. The number of benzene rings is 1. The van der Waals surface area contributed by atoms with Gasteiger partial charge in [0.15, 0.2) is 0 Å². The molecule has 1 aromatic carbocycles. The van der Waals surface area contributed by atoms with E-state index in [0.29, 0.717) is 18.7 Å². The summed E-state index contributed by atoms with van der Waals surface area (Å²) in [4.78, 5) is 29.2. The van der Waals surface area contributed by atoms with E-state index in [4.69, 9.17) is 0 Å². The second kappa shape index (κ2) is 6.86. The number of nitrogens with zero attached hydrogens (tertiary/aromatic N) is 1. The molecule has 0 aliphatic heterocycles. The Balaban J connectivity index is 1.49. The van der Waals surface area contributed by atoms with Crippen molar-refractivity contribution in [2.75, 3.05) is 20.1 Å². The van der Waals surface area contributed by atoms with E-state index in [0.717, 1.165) is 30.2 Å². The van der Waals surface area contributed by atoms with Crippen molar-refractivity contribution >= 4 is 22.7 Å². The van der Waals surface area contributed by atoms with E-state index in [2.05, 4.69) is 10.3 Å². The summed E-state index contributed by atoms with van der Waals surface area (Å²) in [6.07, 6.45) is 5.81. The number of carbonyl (C=O) groups excluding carboxylic acids is 2. The molecule has 1 heterocycles. The molecule has 2 aromatic rings. The van der Waals surface area contributed by atoms with Gasteiger partial charge in [0, 0.05) is 37.6 Å². The molecule has 122 valence electrons. The fourth-order valence-electron chi connectivity index (χ4n) is 2.91. The Kier molecular flexibility index (Phi) is 4.65. The molecule has 1 aliphatic carbocycles. The van der Waals surface area contributed by atoms with Gasteiger partial charge in [-0.15, -0.1) is 0 Å². The third-order valence-electron chi connectivity index (χ3n) is 4.61. The highest BCUT2D eigenvalue weighted by Gasteiger charge is 2.24. The van der Waals surface area contributed by atoms with Crippen LogP contribution in [0.25, 0.3) is 10.9 Å². The highest BCUT2D eigenvalue weighted by atomic mass is 16.2. The lowest BCUT2D eigenvalue weighted by atomic mass is 9.85. The molecule has 0 radical (unpaired) electrons. The van der Waals surface area contributed by atoms with E-state index in [1.165, 1.54) is 6.42 Å². The molecular weight excluding hydrogens is 290 g/mol. The average Bonchev–Trinajstić information content (AvgIpc) is 2.97. The molecular formula is C18H23N3O2. The third-order valence-corrected chi connectivity index (χ3v) is 4.61. The summed E-state index contributed by atoms with van der Waals surface area (Å²) in [5, 5.41) is 4.00. The first-order valence-electron chi connectivity index (χ1n) is 8.26. The molecule has 3 rings (SSSR count). The Morgan fingerprint density at radius 1 is 1.30 bits per heavy atom. The van der Waals surface area contributed by atoms with Crippen LogP contribution in [0, 0.1) is 5.92 Å². The molecule has 1 aromatic heterocycles. The molecule has 1 aliphatic rings. The maximum Gasteiger partial charge on any atom is 0.255 e. The van der Waals surface area contributed by atoms with Gasteiger partial charge in [-0.1, -0.05) is 18.6 Å². The van der Waals surface area contributed by atoms with Crippen molar-refractivity contribution in [3.05, 3.63) is 36.0 Å².